The van der Waals surface area contributed by atoms with Crippen LogP contribution in [0, 0.1) is 0 Å². The molecule has 5 aromatic rings. The van der Waals surface area contributed by atoms with E-state index in [0.717, 1.165) is 44.6 Å². The molecule has 2 N–H and O–H groups in total. The van der Waals surface area contributed by atoms with E-state index in [0.29, 0.717) is 25.0 Å². The number of hydrogen-bond donors (Lipinski definition) is 2. The van der Waals surface area contributed by atoms with E-state index >= 15 is 0 Å². The molecule has 2 aromatic carbocycles. The molecule has 9 nitrogen and oxygen atoms in total. The maximum atomic E-state index is 5.11. The maximum absolute atomic E-state index is 5.11. The van der Waals surface area contributed by atoms with Crippen LogP contribution >= 0.6 is 0 Å². The van der Waals surface area contributed by atoms with Crippen molar-refractivity contribution in [3.05, 3.63) is 60.7 Å². The third kappa shape index (κ3) is 4.63. The molecule has 0 bridgehead atoms. The van der Waals surface area contributed by atoms with E-state index < -0.39 is 0 Å². The highest BCUT2D eigenvalue weighted by Gasteiger charge is 2.14. The first-order valence-electron chi connectivity index (χ1n) is 11.6. The Kier molecular flexibility index (Phi) is 6.24. The monoisotopic (exact) mass is 468 g/mol. The molecule has 0 saturated heterocycles. The Labute approximate surface area is 203 Å². The fourth-order valence-corrected chi connectivity index (χ4v) is 4.32. The van der Waals surface area contributed by atoms with Gasteiger partial charge in [-0.2, -0.15) is 5.10 Å². The van der Waals surface area contributed by atoms with Gasteiger partial charge in [-0.05, 0) is 42.3 Å². The molecule has 0 unspecified atom stereocenters. The number of aryl methyl sites for hydroxylation is 1. The van der Waals surface area contributed by atoms with Gasteiger partial charge in [0.25, 0.3) is 0 Å². The highest BCUT2D eigenvalue weighted by Crippen LogP contribution is 2.30. The number of fused-ring (bicyclic) bond motifs is 2. The van der Waals surface area contributed by atoms with Crippen molar-refractivity contribution in [1.29, 1.82) is 0 Å². The smallest absolute Gasteiger partial charge is 0.227 e. The van der Waals surface area contributed by atoms with E-state index in [9.17, 15) is 0 Å². The fraction of sp³-hybridized carbons (Fsp3) is 0.269. The Morgan fingerprint density at radius 3 is 2.69 bits per heavy atom. The van der Waals surface area contributed by atoms with Crippen LogP contribution in [0.1, 0.15) is 25.5 Å². The van der Waals surface area contributed by atoms with Crippen LogP contribution in [0.2, 0.25) is 0 Å². The number of aromatic nitrogens is 6. The van der Waals surface area contributed by atoms with Crippen LogP contribution in [0.25, 0.3) is 33.1 Å². The van der Waals surface area contributed by atoms with Gasteiger partial charge in [-0.25, -0.2) is 19.9 Å². The summed E-state index contributed by atoms with van der Waals surface area (Å²) in [5.74, 6) is 1.67. The second-order valence-corrected chi connectivity index (χ2v) is 8.66. The standard InChI is InChI=1S/C26H28N8O/c1-16(2)24-20-13-17(5-8-22(20)33-34(24)3)21-9-10-28-26(32-21)31-18-6-7-19-23(14-18)29-15-30-25(19)27-11-12-35-4/h5-10,13-16H,11-12H2,1-4H3,(H,27,29,30)(H,28,31,32). The number of nitrogens with one attached hydrogen (secondary N) is 2. The van der Waals surface area contributed by atoms with E-state index in [1.165, 1.54) is 5.69 Å². The molecule has 35 heavy (non-hydrogen) atoms. The third-order valence-corrected chi connectivity index (χ3v) is 5.87. The molecule has 0 aliphatic rings. The second kappa shape index (κ2) is 9.63. The van der Waals surface area contributed by atoms with Gasteiger partial charge in [0, 0.05) is 54.6 Å². The lowest BCUT2D eigenvalue weighted by Gasteiger charge is -2.10. The number of hydrogen-bond acceptors (Lipinski definition) is 8. The SMILES string of the molecule is COCCNc1ncnc2cc(Nc3nccc(-c4ccc5nn(C)c(C(C)C)c5c4)n3)ccc12. The van der Waals surface area contributed by atoms with Crippen molar-refractivity contribution < 1.29 is 4.74 Å². The van der Waals surface area contributed by atoms with Crippen LogP contribution in [0.5, 0.6) is 0 Å². The van der Waals surface area contributed by atoms with Gasteiger partial charge in [0.05, 0.1) is 23.3 Å². The van der Waals surface area contributed by atoms with Gasteiger partial charge >= 0.3 is 0 Å². The molecule has 0 saturated carbocycles. The quantitative estimate of drug-likeness (QED) is 0.310. The summed E-state index contributed by atoms with van der Waals surface area (Å²) in [6.45, 7) is 5.64. The first-order chi connectivity index (χ1) is 17.0. The fourth-order valence-electron chi connectivity index (χ4n) is 4.32. The third-order valence-electron chi connectivity index (χ3n) is 5.87. The molecule has 0 atom stereocenters. The summed E-state index contributed by atoms with van der Waals surface area (Å²) >= 11 is 0. The zero-order chi connectivity index (χ0) is 24.4. The van der Waals surface area contributed by atoms with Crippen LogP contribution in [0.4, 0.5) is 17.5 Å². The molecule has 0 aliphatic heterocycles. The minimum atomic E-state index is 0.371. The lowest BCUT2D eigenvalue weighted by atomic mass is 10.0. The highest BCUT2D eigenvalue weighted by atomic mass is 16.5. The summed E-state index contributed by atoms with van der Waals surface area (Å²) < 4.78 is 7.07. The second-order valence-electron chi connectivity index (χ2n) is 8.66. The van der Waals surface area contributed by atoms with Gasteiger partial charge < -0.3 is 15.4 Å². The van der Waals surface area contributed by atoms with Gasteiger partial charge in [0.15, 0.2) is 0 Å². The van der Waals surface area contributed by atoms with E-state index in [2.05, 4.69) is 56.7 Å². The molecule has 9 heteroatoms. The summed E-state index contributed by atoms with van der Waals surface area (Å²) in [7, 11) is 3.67. The molecular formula is C26H28N8O. The predicted molar refractivity (Wildman–Crippen MR) is 139 cm³/mol. The van der Waals surface area contributed by atoms with E-state index in [1.807, 2.05) is 42.1 Å². The van der Waals surface area contributed by atoms with Crippen molar-refractivity contribution in [2.45, 2.75) is 19.8 Å². The number of rotatable bonds is 8. The molecule has 0 fully saturated rings. The summed E-state index contributed by atoms with van der Waals surface area (Å²) in [4.78, 5) is 18.0. The highest BCUT2D eigenvalue weighted by molar-refractivity contribution is 5.91. The zero-order valence-electron chi connectivity index (χ0n) is 20.3. The average molecular weight is 469 g/mol. The van der Waals surface area contributed by atoms with Crippen molar-refractivity contribution in [2.24, 2.45) is 7.05 Å². The topological polar surface area (TPSA) is 103 Å². The van der Waals surface area contributed by atoms with Crippen LogP contribution in [-0.2, 0) is 11.8 Å². The minimum absolute atomic E-state index is 0.371. The predicted octanol–water partition coefficient (Wildman–Crippen LogP) is 4.90. The van der Waals surface area contributed by atoms with Gasteiger partial charge in [0.2, 0.25) is 5.95 Å². The summed E-state index contributed by atoms with van der Waals surface area (Å²) in [6, 6.07) is 14.1. The van der Waals surface area contributed by atoms with Gasteiger partial charge in [-0.1, -0.05) is 19.9 Å². The largest absolute Gasteiger partial charge is 0.383 e. The number of anilines is 3. The molecule has 5 rings (SSSR count). The van der Waals surface area contributed by atoms with Crippen molar-refractivity contribution in [3.63, 3.8) is 0 Å². The molecule has 178 valence electrons. The van der Waals surface area contributed by atoms with Crippen LogP contribution in [0.15, 0.2) is 55.0 Å². The first kappa shape index (κ1) is 22.7. The minimum Gasteiger partial charge on any atom is -0.383 e. The van der Waals surface area contributed by atoms with E-state index in [-0.39, 0.29) is 0 Å². The molecule has 3 aromatic heterocycles. The Hall–Kier alpha value is -4.11. The first-order valence-corrected chi connectivity index (χ1v) is 11.6. The van der Waals surface area contributed by atoms with Crippen molar-refractivity contribution in [2.75, 3.05) is 30.9 Å². The van der Waals surface area contributed by atoms with E-state index in [4.69, 9.17) is 9.72 Å². The molecule has 0 radical (unpaired) electrons. The van der Waals surface area contributed by atoms with Crippen molar-refractivity contribution in [3.8, 4) is 11.3 Å². The number of benzene rings is 2. The molecular weight excluding hydrogens is 440 g/mol. The van der Waals surface area contributed by atoms with Crippen molar-refractivity contribution >= 4 is 39.3 Å². The normalized spacial score (nSPS) is 11.5. The summed E-state index contributed by atoms with van der Waals surface area (Å²) in [5.41, 5.74) is 5.74. The molecule has 0 spiro atoms. The lowest BCUT2D eigenvalue weighted by molar-refractivity contribution is 0.210. The Bertz CT molecular complexity index is 1490. The van der Waals surface area contributed by atoms with Crippen molar-refractivity contribution in [1.82, 2.24) is 29.7 Å². The molecule has 0 aliphatic carbocycles. The Morgan fingerprint density at radius 2 is 1.86 bits per heavy atom. The van der Waals surface area contributed by atoms with E-state index in [1.54, 1.807) is 19.6 Å². The average Bonchev–Trinajstić information content (AvgIpc) is 3.19. The Morgan fingerprint density at radius 1 is 0.971 bits per heavy atom. The maximum Gasteiger partial charge on any atom is 0.227 e. The van der Waals surface area contributed by atoms with Crippen LogP contribution in [0.3, 0.4) is 0 Å². The van der Waals surface area contributed by atoms with Gasteiger partial charge in [-0.3, -0.25) is 4.68 Å². The van der Waals surface area contributed by atoms with Gasteiger partial charge in [-0.15, -0.1) is 0 Å². The number of nitrogens with zero attached hydrogens (tertiary/aromatic N) is 6. The van der Waals surface area contributed by atoms with Gasteiger partial charge in [0.1, 0.15) is 12.1 Å². The zero-order valence-corrected chi connectivity index (χ0v) is 20.3. The van der Waals surface area contributed by atoms with Crippen LogP contribution < -0.4 is 10.6 Å². The lowest BCUT2D eigenvalue weighted by Crippen LogP contribution is -2.09. The summed E-state index contributed by atoms with van der Waals surface area (Å²) in [6.07, 6.45) is 3.32. The van der Waals surface area contributed by atoms with Crippen LogP contribution in [-0.4, -0.2) is 50.0 Å². The molecule has 3 heterocycles. The summed E-state index contributed by atoms with van der Waals surface area (Å²) in [5, 5.41) is 13.3. The molecule has 0 amide bonds. The Balaban J connectivity index is 1.42. The number of methoxy groups -OCH3 is 1. The number of ether oxygens (including phenoxy) is 1.